The summed E-state index contributed by atoms with van der Waals surface area (Å²) in [5.74, 6) is -0.576. The van der Waals surface area contributed by atoms with Crippen molar-refractivity contribution in [1.29, 1.82) is 0 Å². The molecule has 78 valence electrons. The highest BCUT2D eigenvalue weighted by atomic mass is 79.9. The second kappa shape index (κ2) is 4.93. The highest BCUT2D eigenvalue weighted by molar-refractivity contribution is 9.14. The molecule has 14 heavy (non-hydrogen) atoms. The first kappa shape index (κ1) is 11.7. The van der Waals surface area contributed by atoms with Crippen LogP contribution in [0.2, 0.25) is 0 Å². The van der Waals surface area contributed by atoms with Crippen LogP contribution in [0.4, 0.5) is 0 Å². The van der Waals surface area contributed by atoms with Gasteiger partial charge >= 0.3 is 5.97 Å². The lowest BCUT2D eigenvalue weighted by Crippen LogP contribution is -2.33. The number of hydrogen-bond donors (Lipinski definition) is 0. The van der Waals surface area contributed by atoms with Gasteiger partial charge in [0.05, 0.1) is 17.6 Å². The molecule has 1 rings (SSSR count). The first-order valence-electron chi connectivity index (χ1n) is 4.05. The Bertz CT molecular complexity index is 301. The van der Waals surface area contributed by atoms with Crippen molar-refractivity contribution in [1.82, 2.24) is 4.90 Å². The van der Waals surface area contributed by atoms with Crippen LogP contribution in [0.25, 0.3) is 0 Å². The van der Waals surface area contributed by atoms with E-state index in [-0.39, 0.29) is 18.4 Å². The SMILES string of the molecule is CCOC(=O)CN1CC(Br)=C(Br)C1=O. The summed E-state index contributed by atoms with van der Waals surface area (Å²) in [7, 11) is 0. The van der Waals surface area contributed by atoms with Crippen LogP contribution in [-0.4, -0.2) is 36.5 Å². The molecule has 0 bridgehead atoms. The van der Waals surface area contributed by atoms with Crippen molar-refractivity contribution in [3.05, 3.63) is 8.96 Å². The van der Waals surface area contributed by atoms with Crippen molar-refractivity contribution in [3.63, 3.8) is 0 Å². The molecule has 0 N–H and O–H groups in total. The molecule has 0 saturated carbocycles. The van der Waals surface area contributed by atoms with Gasteiger partial charge in [0.15, 0.2) is 0 Å². The summed E-state index contributed by atoms with van der Waals surface area (Å²) in [5, 5.41) is 0. The Hall–Kier alpha value is -0.360. The van der Waals surface area contributed by atoms with Crippen molar-refractivity contribution in [2.45, 2.75) is 6.92 Å². The fourth-order valence-corrected chi connectivity index (χ4v) is 1.90. The summed E-state index contributed by atoms with van der Waals surface area (Å²) in [6.07, 6.45) is 0. The zero-order valence-electron chi connectivity index (χ0n) is 7.55. The molecule has 1 amide bonds. The van der Waals surface area contributed by atoms with Gasteiger partial charge in [0.1, 0.15) is 6.54 Å². The summed E-state index contributed by atoms with van der Waals surface area (Å²) in [6, 6.07) is 0. The largest absolute Gasteiger partial charge is 0.465 e. The van der Waals surface area contributed by atoms with Crippen LogP contribution in [0.15, 0.2) is 8.96 Å². The first-order valence-corrected chi connectivity index (χ1v) is 5.64. The molecular formula is C8H9Br2NO3. The zero-order chi connectivity index (χ0) is 10.7. The van der Waals surface area contributed by atoms with Crippen molar-refractivity contribution in [2.24, 2.45) is 0 Å². The van der Waals surface area contributed by atoms with Gasteiger partial charge in [-0.1, -0.05) is 15.9 Å². The molecule has 0 saturated heterocycles. The normalized spacial score (nSPS) is 16.5. The second-order valence-electron chi connectivity index (χ2n) is 2.69. The zero-order valence-corrected chi connectivity index (χ0v) is 10.7. The Morgan fingerprint density at radius 3 is 2.64 bits per heavy atom. The quantitative estimate of drug-likeness (QED) is 0.736. The van der Waals surface area contributed by atoms with Gasteiger partial charge in [0.2, 0.25) is 0 Å². The molecule has 0 aromatic carbocycles. The molecular weight excluding hydrogens is 318 g/mol. The highest BCUT2D eigenvalue weighted by Crippen LogP contribution is 2.27. The maximum absolute atomic E-state index is 11.4. The van der Waals surface area contributed by atoms with E-state index in [1.165, 1.54) is 4.90 Å². The van der Waals surface area contributed by atoms with E-state index in [2.05, 4.69) is 31.9 Å². The van der Waals surface area contributed by atoms with E-state index < -0.39 is 0 Å². The molecule has 6 heteroatoms. The Morgan fingerprint density at radius 2 is 2.21 bits per heavy atom. The van der Waals surface area contributed by atoms with Gasteiger partial charge in [-0.05, 0) is 22.9 Å². The maximum atomic E-state index is 11.4. The van der Waals surface area contributed by atoms with Crippen molar-refractivity contribution >= 4 is 43.7 Å². The lowest BCUT2D eigenvalue weighted by Gasteiger charge is -2.14. The number of hydrogen-bond acceptors (Lipinski definition) is 3. The van der Waals surface area contributed by atoms with Gasteiger partial charge in [-0.15, -0.1) is 0 Å². The number of nitrogens with zero attached hydrogens (tertiary/aromatic N) is 1. The van der Waals surface area contributed by atoms with Crippen LogP contribution >= 0.6 is 31.9 Å². The van der Waals surface area contributed by atoms with E-state index in [1.54, 1.807) is 6.92 Å². The number of halogens is 2. The Balaban J connectivity index is 2.51. The van der Waals surface area contributed by atoms with Crippen LogP contribution in [-0.2, 0) is 14.3 Å². The van der Waals surface area contributed by atoms with Crippen molar-refractivity contribution < 1.29 is 14.3 Å². The molecule has 0 aliphatic carbocycles. The lowest BCUT2D eigenvalue weighted by atomic mass is 10.5. The van der Waals surface area contributed by atoms with Crippen LogP contribution in [0.3, 0.4) is 0 Å². The van der Waals surface area contributed by atoms with Gasteiger partial charge < -0.3 is 9.64 Å². The number of carbonyl (C=O) groups excluding carboxylic acids is 2. The minimum absolute atomic E-state index is 0.00310. The minimum Gasteiger partial charge on any atom is -0.465 e. The molecule has 0 radical (unpaired) electrons. The molecule has 0 atom stereocenters. The molecule has 4 nitrogen and oxygen atoms in total. The maximum Gasteiger partial charge on any atom is 0.325 e. The summed E-state index contributed by atoms with van der Waals surface area (Å²) in [5.41, 5.74) is 0. The predicted octanol–water partition coefficient (Wildman–Crippen LogP) is 1.39. The topological polar surface area (TPSA) is 46.6 Å². The molecule has 1 aliphatic rings. The fraction of sp³-hybridized carbons (Fsp3) is 0.500. The second-order valence-corrected chi connectivity index (χ2v) is 4.44. The third kappa shape index (κ3) is 2.57. The number of esters is 1. The number of rotatable bonds is 3. The van der Waals surface area contributed by atoms with Crippen molar-refractivity contribution in [2.75, 3.05) is 19.7 Å². The van der Waals surface area contributed by atoms with E-state index >= 15 is 0 Å². The van der Waals surface area contributed by atoms with Gasteiger partial charge in [-0.3, -0.25) is 9.59 Å². The predicted molar refractivity (Wildman–Crippen MR) is 58.1 cm³/mol. The smallest absolute Gasteiger partial charge is 0.325 e. The Morgan fingerprint density at radius 1 is 1.57 bits per heavy atom. The van der Waals surface area contributed by atoms with Gasteiger partial charge in [-0.2, -0.15) is 0 Å². The van der Waals surface area contributed by atoms with E-state index in [0.717, 1.165) is 4.48 Å². The summed E-state index contributed by atoms with van der Waals surface area (Å²) < 4.78 is 5.97. The molecule has 1 heterocycles. The van der Waals surface area contributed by atoms with E-state index in [1.807, 2.05) is 0 Å². The van der Waals surface area contributed by atoms with Crippen LogP contribution in [0, 0.1) is 0 Å². The third-order valence-corrected chi connectivity index (χ3v) is 3.67. The molecule has 0 fully saturated rings. The van der Waals surface area contributed by atoms with Gasteiger partial charge in [0, 0.05) is 4.48 Å². The van der Waals surface area contributed by atoms with E-state index in [9.17, 15) is 9.59 Å². The third-order valence-electron chi connectivity index (χ3n) is 1.67. The number of ether oxygens (including phenoxy) is 1. The number of carbonyl (C=O) groups is 2. The molecule has 0 aromatic heterocycles. The summed E-state index contributed by atoms with van der Waals surface area (Å²) in [6.45, 7) is 2.47. The first-order chi connectivity index (χ1) is 6.56. The van der Waals surface area contributed by atoms with Crippen LogP contribution < -0.4 is 0 Å². The van der Waals surface area contributed by atoms with E-state index in [0.29, 0.717) is 17.6 Å². The summed E-state index contributed by atoms with van der Waals surface area (Å²) >= 11 is 6.36. The van der Waals surface area contributed by atoms with Gasteiger partial charge in [0.25, 0.3) is 5.91 Å². The average Bonchev–Trinajstić information content (AvgIpc) is 2.34. The molecule has 1 aliphatic heterocycles. The van der Waals surface area contributed by atoms with E-state index in [4.69, 9.17) is 4.74 Å². The van der Waals surface area contributed by atoms with Crippen molar-refractivity contribution in [3.8, 4) is 0 Å². The lowest BCUT2D eigenvalue weighted by molar-refractivity contribution is -0.147. The van der Waals surface area contributed by atoms with Crippen LogP contribution in [0.5, 0.6) is 0 Å². The Kier molecular flexibility index (Phi) is 4.12. The molecule has 0 spiro atoms. The standard InChI is InChI=1S/C8H9Br2NO3/c1-2-14-6(12)4-11-3-5(9)7(10)8(11)13/h2-4H2,1H3. The van der Waals surface area contributed by atoms with Gasteiger partial charge in [-0.25, -0.2) is 0 Å². The monoisotopic (exact) mass is 325 g/mol. The summed E-state index contributed by atoms with van der Waals surface area (Å²) in [4.78, 5) is 23.9. The Labute approximate surface area is 98.5 Å². The molecule has 0 aromatic rings. The molecule has 0 unspecified atom stereocenters. The fourth-order valence-electron chi connectivity index (χ4n) is 1.05. The number of amides is 1. The van der Waals surface area contributed by atoms with Crippen LogP contribution in [0.1, 0.15) is 6.92 Å². The minimum atomic E-state index is -0.386. The highest BCUT2D eigenvalue weighted by Gasteiger charge is 2.28. The average molecular weight is 327 g/mol.